The molecule has 1 aromatic heterocycles. The molecule has 3 atom stereocenters. The molecule has 1 aliphatic carbocycles. The van der Waals surface area contributed by atoms with Gasteiger partial charge in [0.05, 0.1) is 5.69 Å². The van der Waals surface area contributed by atoms with Gasteiger partial charge in [-0.15, -0.1) is 0 Å². The minimum atomic E-state index is 0.273. The van der Waals surface area contributed by atoms with Gasteiger partial charge in [0, 0.05) is 31.7 Å². The Morgan fingerprint density at radius 1 is 1.62 bits per heavy atom. The molecule has 4 heteroatoms. The molecule has 2 N–H and O–H groups in total. The first-order valence-electron chi connectivity index (χ1n) is 6.20. The molecular formula is C12H19N3O. The van der Waals surface area contributed by atoms with Crippen molar-refractivity contribution in [1.82, 2.24) is 9.78 Å². The zero-order valence-corrected chi connectivity index (χ0v) is 9.69. The Labute approximate surface area is 95.7 Å². The molecule has 0 aromatic carbocycles. The smallest absolute Gasteiger partial charge is 0.124 e. The number of rotatable bonds is 3. The Bertz CT molecular complexity index is 388. The predicted octanol–water partition coefficient (Wildman–Crippen LogP) is 1.43. The summed E-state index contributed by atoms with van der Waals surface area (Å²) in [6.07, 6.45) is 2.15. The lowest BCUT2D eigenvalue weighted by atomic mass is 10.1. The number of aliphatic hydroxyl groups excluding tert-OH is 1. The van der Waals surface area contributed by atoms with Crippen molar-refractivity contribution < 1.29 is 5.11 Å². The van der Waals surface area contributed by atoms with Gasteiger partial charge in [-0.2, -0.15) is 5.10 Å². The SMILES string of the molecule is CC1CC1c1cc2n(n1)CC(CCO)CN2. The number of hydrogen-bond acceptors (Lipinski definition) is 3. The van der Waals surface area contributed by atoms with Gasteiger partial charge in [-0.05, 0) is 24.7 Å². The molecule has 1 aromatic rings. The van der Waals surface area contributed by atoms with Gasteiger partial charge in [-0.1, -0.05) is 6.92 Å². The highest BCUT2D eigenvalue weighted by Gasteiger charge is 2.37. The first-order valence-corrected chi connectivity index (χ1v) is 6.20. The molecule has 1 saturated carbocycles. The van der Waals surface area contributed by atoms with Crippen molar-refractivity contribution in [1.29, 1.82) is 0 Å². The highest BCUT2D eigenvalue weighted by atomic mass is 16.3. The van der Waals surface area contributed by atoms with Crippen LogP contribution in [0, 0.1) is 11.8 Å². The molecule has 1 aliphatic heterocycles. The second kappa shape index (κ2) is 3.77. The lowest BCUT2D eigenvalue weighted by Gasteiger charge is -2.24. The van der Waals surface area contributed by atoms with E-state index in [9.17, 15) is 0 Å². The quantitative estimate of drug-likeness (QED) is 0.812. The average Bonchev–Trinajstić information content (AvgIpc) is 2.86. The maximum Gasteiger partial charge on any atom is 0.124 e. The monoisotopic (exact) mass is 221 g/mol. The van der Waals surface area contributed by atoms with Crippen molar-refractivity contribution in [2.75, 3.05) is 18.5 Å². The minimum absolute atomic E-state index is 0.273. The van der Waals surface area contributed by atoms with Gasteiger partial charge >= 0.3 is 0 Å². The summed E-state index contributed by atoms with van der Waals surface area (Å²) in [6.45, 7) is 4.47. The van der Waals surface area contributed by atoms with E-state index in [2.05, 4.69) is 28.1 Å². The fourth-order valence-electron chi connectivity index (χ4n) is 2.57. The number of nitrogens with one attached hydrogen (secondary N) is 1. The molecule has 3 rings (SSSR count). The number of anilines is 1. The molecule has 88 valence electrons. The van der Waals surface area contributed by atoms with Crippen LogP contribution in [-0.4, -0.2) is 28.0 Å². The lowest BCUT2D eigenvalue weighted by Crippen LogP contribution is -2.28. The Balaban J connectivity index is 1.75. The van der Waals surface area contributed by atoms with E-state index in [0.29, 0.717) is 11.8 Å². The van der Waals surface area contributed by atoms with Crippen LogP contribution < -0.4 is 5.32 Å². The molecule has 2 aliphatic rings. The maximum absolute atomic E-state index is 8.95. The summed E-state index contributed by atoms with van der Waals surface area (Å²) in [5.74, 6) is 3.17. The third-order valence-corrected chi connectivity index (χ3v) is 3.83. The summed E-state index contributed by atoms with van der Waals surface area (Å²) < 4.78 is 2.07. The fourth-order valence-corrected chi connectivity index (χ4v) is 2.57. The maximum atomic E-state index is 8.95. The van der Waals surface area contributed by atoms with E-state index < -0.39 is 0 Å². The van der Waals surface area contributed by atoms with Crippen LogP contribution in [0.4, 0.5) is 5.82 Å². The largest absolute Gasteiger partial charge is 0.396 e. The first-order chi connectivity index (χ1) is 7.78. The standard InChI is InChI=1S/C12H19N3O/c1-8-4-10(8)11-5-12-13-6-9(2-3-16)7-15(12)14-11/h5,8-10,13,16H,2-4,6-7H2,1H3. The zero-order valence-electron chi connectivity index (χ0n) is 9.69. The van der Waals surface area contributed by atoms with E-state index in [4.69, 9.17) is 5.11 Å². The van der Waals surface area contributed by atoms with Gasteiger partial charge in [-0.3, -0.25) is 0 Å². The third-order valence-electron chi connectivity index (χ3n) is 3.83. The van der Waals surface area contributed by atoms with E-state index in [1.807, 2.05) is 0 Å². The van der Waals surface area contributed by atoms with E-state index in [0.717, 1.165) is 31.2 Å². The molecule has 0 bridgehead atoms. The van der Waals surface area contributed by atoms with Crippen molar-refractivity contribution in [3.05, 3.63) is 11.8 Å². The fraction of sp³-hybridized carbons (Fsp3) is 0.750. The van der Waals surface area contributed by atoms with Crippen molar-refractivity contribution in [2.45, 2.75) is 32.2 Å². The van der Waals surface area contributed by atoms with Gasteiger partial charge in [0.25, 0.3) is 0 Å². The molecule has 1 fully saturated rings. The van der Waals surface area contributed by atoms with Gasteiger partial charge in [0.15, 0.2) is 0 Å². The highest BCUT2D eigenvalue weighted by molar-refractivity contribution is 5.40. The summed E-state index contributed by atoms with van der Waals surface area (Å²) in [4.78, 5) is 0. The van der Waals surface area contributed by atoms with Crippen molar-refractivity contribution >= 4 is 5.82 Å². The van der Waals surface area contributed by atoms with E-state index in [1.54, 1.807) is 0 Å². The number of nitrogens with zero attached hydrogens (tertiary/aromatic N) is 2. The molecule has 4 nitrogen and oxygen atoms in total. The molecule has 3 unspecified atom stereocenters. The average molecular weight is 221 g/mol. The molecule has 2 heterocycles. The van der Waals surface area contributed by atoms with Gasteiger partial charge in [0.2, 0.25) is 0 Å². The van der Waals surface area contributed by atoms with Gasteiger partial charge < -0.3 is 10.4 Å². The van der Waals surface area contributed by atoms with Crippen LogP contribution in [0.5, 0.6) is 0 Å². The van der Waals surface area contributed by atoms with Gasteiger partial charge in [-0.25, -0.2) is 4.68 Å². The van der Waals surface area contributed by atoms with Crippen LogP contribution in [0.2, 0.25) is 0 Å². The van der Waals surface area contributed by atoms with Crippen molar-refractivity contribution in [3.63, 3.8) is 0 Å². The molecular weight excluding hydrogens is 202 g/mol. The summed E-state index contributed by atoms with van der Waals surface area (Å²) in [5, 5.41) is 17.0. The number of aromatic nitrogens is 2. The van der Waals surface area contributed by atoms with E-state index >= 15 is 0 Å². The Hall–Kier alpha value is -1.03. The van der Waals surface area contributed by atoms with Gasteiger partial charge in [0.1, 0.15) is 5.82 Å². The zero-order chi connectivity index (χ0) is 11.1. The third kappa shape index (κ3) is 1.71. The van der Waals surface area contributed by atoms with Crippen molar-refractivity contribution in [3.8, 4) is 0 Å². The summed E-state index contributed by atoms with van der Waals surface area (Å²) >= 11 is 0. The molecule has 0 amide bonds. The molecule has 0 radical (unpaired) electrons. The Morgan fingerprint density at radius 2 is 2.44 bits per heavy atom. The Kier molecular flexibility index (Phi) is 2.39. The number of fused-ring (bicyclic) bond motifs is 1. The molecule has 16 heavy (non-hydrogen) atoms. The highest BCUT2D eigenvalue weighted by Crippen LogP contribution is 2.47. The van der Waals surface area contributed by atoms with Crippen molar-refractivity contribution in [2.24, 2.45) is 11.8 Å². The van der Waals surface area contributed by atoms with Crippen LogP contribution >= 0.6 is 0 Å². The topological polar surface area (TPSA) is 50.1 Å². The predicted molar refractivity (Wildman–Crippen MR) is 62.4 cm³/mol. The normalized spacial score (nSPS) is 32.0. The second-order valence-electron chi connectivity index (χ2n) is 5.22. The number of hydrogen-bond donors (Lipinski definition) is 2. The lowest BCUT2D eigenvalue weighted by molar-refractivity contribution is 0.244. The van der Waals surface area contributed by atoms with Crippen LogP contribution in [0.15, 0.2) is 6.07 Å². The summed E-state index contributed by atoms with van der Waals surface area (Å²) in [7, 11) is 0. The minimum Gasteiger partial charge on any atom is -0.396 e. The molecule has 0 saturated heterocycles. The second-order valence-corrected chi connectivity index (χ2v) is 5.22. The number of aliphatic hydroxyl groups is 1. The summed E-state index contributed by atoms with van der Waals surface area (Å²) in [6, 6.07) is 2.20. The van der Waals surface area contributed by atoms with Crippen LogP contribution in [0.1, 0.15) is 31.4 Å². The van der Waals surface area contributed by atoms with Crippen LogP contribution in [0.25, 0.3) is 0 Å². The Morgan fingerprint density at radius 3 is 3.12 bits per heavy atom. The summed E-state index contributed by atoms with van der Waals surface area (Å²) in [5.41, 5.74) is 1.25. The first kappa shape index (κ1) is 10.1. The van der Waals surface area contributed by atoms with E-state index in [1.165, 1.54) is 12.1 Å². The van der Waals surface area contributed by atoms with Crippen LogP contribution in [0.3, 0.4) is 0 Å². The van der Waals surface area contributed by atoms with Crippen LogP contribution in [-0.2, 0) is 6.54 Å². The van der Waals surface area contributed by atoms with E-state index in [-0.39, 0.29) is 6.61 Å². The molecule has 0 spiro atoms.